The van der Waals surface area contributed by atoms with E-state index in [0.717, 1.165) is 0 Å². The van der Waals surface area contributed by atoms with Crippen LogP contribution in [0.4, 0.5) is 4.39 Å². The molecule has 1 aromatic carbocycles. The summed E-state index contributed by atoms with van der Waals surface area (Å²) in [6.07, 6.45) is 0. The number of benzene rings is 1. The van der Waals surface area contributed by atoms with E-state index in [4.69, 9.17) is 0 Å². The van der Waals surface area contributed by atoms with Crippen LogP contribution in [0, 0.1) is 5.82 Å². The minimum atomic E-state index is -0.391. The zero-order chi connectivity index (χ0) is 14.0. The van der Waals surface area contributed by atoms with Crippen LogP contribution in [0.2, 0.25) is 0 Å². The normalized spacial score (nSPS) is 15.5. The summed E-state index contributed by atoms with van der Waals surface area (Å²) >= 11 is 3.07. The highest BCUT2D eigenvalue weighted by atomic mass is 79.9. The van der Waals surface area contributed by atoms with Gasteiger partial charge in [-0.2, -0.15) is 0 Å². The van der Waals surface area contributed by atoms with E-state index in [0.29, 0.717) is 31.7 Å². The molecule has 0 atom stereocenters. The topological polar surface area (TPSA) is 40.6 Å². The average molecular weight is 329 g/mol. The molecule has 1 aliphatic rings. The Balaban J connectivity index is 2.05. The molecule has 1 aromatic rings. The molecule has 0 bridgehead atoms. The number of carbonyl (C=O) groups excluding carboxylic acids is 2. The van der Waals surface area contributed by atoms with Gasteiger partial charge in [0, 0.05) is 38.7 Å². The summed E-state index contributed by atoms with van der Waals surface area (Å²) < 4.78 is 13.4. The van der Waals surface area contributed by atoms with Crippen molar-refractivity contribution in [3.05, 3.63) is 34.1 Å². The molecule has 1 heterocycles. The second-order valence-corrected chi connectivity index (χ2v) is 5.28. The van der Waals surface area contributed by atoms with E-state index >= 15 is 0 Å². The molecule has 0 spiro atoms. The second kappa shape index (κ2) is 5.69. The molecular formula is C13H14BrFN2O2. The first-order chi connectivity index (χ1) is 8.99. The van der Waals surface area contributed by atoms with Crippen molar-refractivity contribution in [3.8, 4) is 0 Å². The number of carbonyl (C=O) groups is 2. The minimum Gasteiger partial charge on any atom is -0.339 e. The minimum absolute atomic E-state index is 0.0247. The molecule has 1 saturated heterocycles. The molecule has 2 amide bonds. The van der Waals surface area contributed by atoms with Gasteiger partial charge in [-0.1, -0.05) is 0 Å². The van der Waals surface area contributed by atoms with E-state index in [1.165, 1.54) is 25.1 Å². The quantitative estimate of drug-likeness (QED) is 0.790. The number of amides is 2. The average Bonchev–Trinajstić information content (AvgIpc) is 2.41. The monoisotopic (exact) mass is 328 g/mol. The van der Waals surface area contributed by atoms with Crippen LogP contribution in [0.5, 0.6) is 0 Å². The lowest BCUT2D eigenvalue weighted by atomic mass is 10.2. The van der Waals surface area contributed by atoms with Crippen molar-refractivity contribution in [1.29, 1.82) is 0 Å². The first-order valence-corrected chi connectivity index (χ1v) is 6.78. The molecule has 1 aliphatic heterocycles. The summed E-state index contributed by atoms with van der Waals surface area (Å²) in [7, 11) is 0. The summed E-state index contributed by atoms with van der Waals surface area (Å²) in [5.41, 5.74) is 0.449. The maximum absolute atomic E-state index is 13.1. The third-order valence-electron chi connectivity index (χ3n) is 3.18. The van der Waals surface area contributed by atoms with Gasteiger partial charge in [0.2, 0.25) is 5.91 Å². The van der Waals surface area contributed by atoms with Crippen LogP contribution < -0.4 is 0 Å². The largest absolute Gasteiger partial charge is 0.339 e. The van der Waals surface area contributed by atoms with E-state index in [-0.39, 0.29) is 16.3 Å². The third-order valence-corrected chi connectivity index (χ3v) is 3.79. The van der Waals surface area contributed by atoms with E-state index in [2.05, 4.69) is 15.9 Å². The Bertz CT molecular complexity index is 513. The summed E-state index contributed by atoms with van der Waals surface area (Å²) in [6.45, 7) is 3.63. The standard InChI is InChI=1S/C13H14BrFN2O2/c1-9(18)16-4-6-17(7-5-16)13(19)10-2-3-12(15)11(14)8-10/h2-3,8H,4-7H2,1H3. The van der Waals surface area contributed by atoms with Crippen LogP contribution in [0.15, 0.2) is 22.7 Å². The van der Waals surface area contributed by atoms with Crippen LogP contribution in [-0.2, 0) is 4.79 Å². The van der Waals surface area contributed by atoms with Crippen molar-refractivity contribution in [2.45, 2.75) is 6.92 Å². The molecule has 0 aliphatic carbocycles. The van der Waals surface area contributed by atoms with Gasteiger partial charge in [-0.25, -0.2) is 4.39 Å². The van der Waals surface area contributed by atoms with Gasteiger partial charge in [0.05, 0.1) is 4.47 Å². The van der Waals surface area contributed by atoms with Gasteiger partial charge >= 0.3 is 0 Å². The summed E-state index contributed by atoms with van der Waals surface area (Å²) in [5, 5.41) is 0. The van der Waals surface area contributed by atoms with Crippen molar-refractivity contribution in [3.63, 3.8) is 0 Å². The molecular weight excluding hydrogens is 315 g/mol. The van der Waals surface area contributed by atoms with Crippen molar-refractivity contribution in [1.82, 2.24) is 9.80 Å². The Morgan fingerprint density at radius 1 is 1.16 bits per heavy atom. The Hall–Kier alpha value is -1.43. The zero-order valence-electron chi connectivity index (χ0n) is 10.5. The van der Waals surface area contributed by atoms with Crippen LogP contribution in [0.3, 0.4) is 0 Å². The van der Waals surface area contributed by atoms with Gasteiger partial charge in [-0.05, 0) is 34.1 Å². The van der Waals surface area contributed by atoms with Crippen molar-refractivity contribution < 1.29 is 14.0 Å². The molecule has 102 valence electrons. The Morgan fingerprint density at radius 2 is 1.74 bits per heavy atom. The van der Waals surface area contributed by atoms with Crippen molar-refractivity contribution in [2.24, 2.45) is 0 Å². The SMILES string of the molecule is CC(=O)N1CCN(C(=O)c2ccc(F)c(Br)c2)CC1. The van der Waals surface area contributed by atoms with Gasteiger partial charge in [0.25, 0.3) is 5.91 Å². The molecule has 0 unspecified atom stereocenters. The summed E-state index contributed by atoms with van der Waals surface area (Å²) in [5.74, 6) is -0.501. The smallest absolute Gasteiger partial charge is 0.254 e. The number of hydrogen-bond donors (Lipinski definition) is 0. The molecule has 1 fully saturated rings. The van der Waals surface area contributed by atoms with E-state index in [9.17, 15) is 14.0 Å². The highest BCUT2D eigenvalue weighted by molar-refractivity contribution is 9.10. The number of rotatable bonds is 1. The predicted octanol–water partition coefficient (Wildman–Crippen LogP) is 1.89. The van der Waals surface area contributed by atoms with E-state index < -0.39 is 5.82 Å². The van der Waals surface area contributed by atoms with Gasteiger partial charge in [0.15, 0.2) is 0 Å². The van der Waals surface area contributed by atoms with Gasteiger partial charge in [-0.3, -0.25) is 9.59 Å². The second-order valence-electron chi connectivity index (χ2n) is 4.43. The van der Waals surface area contributed by atoms with Gasteiger partial charge in [-0.15, -0.1) is 0 Å². The highest BCUT2D eigenvalue weighted by Crippen LogP contribution is 2.18. The summed E-state index contributed by atoms with van der Waals surface area (Å²) in [4.78, 5) is 26.8. The van der Waals surface area contributed by atoms with Crippen LogP contribution >= 0.6 is 15.9 Å². The molecule has 4 nitrogen and oxygen atoms in total. The van der Waals surface area contributed by atoms with Crippen LogP contribution in [0.25, 0.3) is 0 Å². The predicted molar refractivity (Wildman–Crippen MR) is 72.3 cm³/mol. The molecule has 0 N–H and O–H groups in total. The van der Waals surface area contributed by atoms with Crippen LogP contribution in [0.1, 0.15) is 17.3 Å². The molecule has 0 aromatic heterocycles. The maximum Gasteiger partial charge on any atom is 0.254 e. The fourth-order valence-corrected chi connectivity index (χ4v) is 2.41. The van der Waals surface area contributed by atoms with Gasteiger partial charge < -0.3 is 9.80 Å². The Morgan fingerprint density at radius 3 is 2.26 bits per heavy atom. The van der Waals surface area contributed by atoms with E-state index in [1.807, 2.05) is 0 Å². The number of nitrogens with zero attached hydrogens (tertiary/aromatic N) is 2. The molecule has 0 saturated carbocycles. The molecule has 19 heavy (non-hydrogen) atoms. The number of piperazine rings is 1. The summed E-state index contributed by atoms with van der Waals surface area (Å²) in [6, 6.07) is 4.22. The molecule has 2 rings (SSSR count). The van der Waals surface area contributed by atoms with Crippen molar-refractivity contribution in [2.75, 3.05) is 26.2 Å². The zero-order valence-corrected chi connectivity index (χ0v) is 12.1. The number of halogens is 2. The fourth-order valence-electron chi connectivity index (χ4n) is 2.04. The van der Waals surface area contributed by atoms with E-state index in [1.54, 1.807) is 9.80 Å². The molecule has 0 radical (unpaired) electrons. The fraction of sp³-hybridized carbons (Fsp3) is 0.385. The molecule has 6 heteroatoms. The third kappa shape index (κ3) is 3.12. The van der Waals surface area contributed by atoms with Gasteiger partial charge in [0.1, 0.15) is 5.82 Å². The first-order valence-electron chi connectivity index (χ1n) is 5.99. The highest BCUT2D eigenvalue weighted by Gasteiger charge is 2.23. The lowest BCUT2D eigenvalue weighted by Gasteiger charge is -2.34. The van der Waals surface area contributed by atoms with Crippen LogP contribution in [-0.4, -0.2) is 47.8 Å². The lowest BCUT2D eigenvalue weighted by molar-refractivity contribution is -0.130. The Kier molecular flexibility index (Phi) is 4.19. The number of hydrogen-bond acceptors (Lipinski definition) is 2. The van der Waals surface area contributed by atoms with Crippen molar-refractivity contribution >= 4 is 27.7 Å². The Labute approximate surface area is 119 Å². The maximum atomic E-state index is 13.1. The lowest BCUT2D eigenvalue weighted by Crippen LogP contribution is -2.50. The first kappa shape index (κ1) is 14.0.